The fraction of sp³-hybridized carbons (Fsp3) is 0.476. The van der Waals surface area contributed by atoms with Crippen LogP contribution in [0, 0.1) is 0 Å². The highest BCUT2D eigenvalue weighted by molar-refractivity contribution is 5.99. The van der Waals surface area contributed by atoms with Crippen LogP contribution >= 0.6 is 0 Å². The molecule has 0 aliphatic carbocycles. The summed E-state index contributed by atoms with van der Waals surface area (Å²) in [5, 5.41) is 42.3. The van der Waals surface area contributed by atoms with E-state index >= 15 is 0 Å². The summed E-state index contributed by atoms with van der Waals surface area (Å²) >= 11 is 0. The van der Waals surface area contributed by atoms with Crippen molar-refractivity contribution in [3.63, 3.8) is 0 Å². The van der Waals surface area contributed by atoms with Crippen LogP contribution in [0.1, 0.15) is 30.6 Å². The Bertz CT molecular complexity index is 791. The van der Waals surface area contributed by atoms with Gasteiger partial charge in [0.2, 0.25) is 6.29 Å². The molecule has 1 heterocycles. The van der Waals surface area contributed by atoms with Crippen LogP contribution in [0.5, 0.6) is 11.5 Å². The van der Waals surface area contributed by atoms with Crippen LogP contribution in [0.4, 0.5) is 0 Å². The lowest BCUT2D eigenvalue weighted by molar-refractivity contribution is -0.240. The number of aromatic hydroxyl groups is 1. The fourth-order valence-corrected chi connectivity index (χ4v) is 2.80. The molecule has 1 aromatic carbocycles. The Labute approximate surface area is 175 Å². The maximum Gasteiger partial charge on any atom is 0.259 e. The quantitative estimate of drug-likeness (QED) is 0.306. The van der Waals surface area contributed by atoms with E-state index in [9.17, 15) is 25.2 Å². The molecular formula is C21H29NO8. The zero-order chi connectivity index (χ0) is 22.3. The number of phenols is 1. The SMILES string of the molecule is CO/C(C)=C/C=C(\C)CNC(=O)c1c(O)cccc1OC1OC(CO)CC(O)C1O. The molecule has 1 aliphatic rings. The molecule has 1 aromatic rings. The number of phenolic OH excluding ortho intramolecular Hbond substituents is 1. The lowest BCUT2D eigenvalue weighted by Crippen LogP contribution is -2.51. The number of nitrogens with one attached hydrogen (secondary N) is 1. The van der Waals surface area contributed by atoms with Gasteiger partial charge < -0.3 is 40.0 Å². The third kappa shape index (κ3) is 6.20. The lowest BCUT2D eigenvalue weighted by atomic mass is 10.0. The number of hydrogen-bond acceptors (Lipinski definition) is 8. The van der Waals surface area contributed by atoms with E-state index in [2.05, 4.69) is 5.32 Å². The number of carbonyl (C=O) groups excluding carboxylic acids is 1. The molecule has 1 fully saturated rings. The zero-order valence-electron chi connectivity index (χ0n) is 17.2. The van der Waals surface area contributed by atoms with Crippen LogP contribution < -0.4 is 10.1 Å². The maximum absolute atomic E-state index is 12.7. The van der Waals surface area contributed by atoms with Crippen molar-refractivity contribution in [1.29, 1.82) is 0 Å². The first kappa shape index (κ1) is 23.7. The van der Waals surface area contributed by atoms with Crippen molar-refractivity contribution in [3.8, 4) is 11.5 Å². The first-order chi connectivity index (χ1) is 14.3. The number of allylic oxidation sites excluding steroid dienone is 3. The number of benzene rings is 1. The molecule has 5 N–H and O–H groups in total. The molecule has 2 rings (SSSR count). The van der Waals surface area contributed by atoms with E-state index in [1.807, 2.05) is 6.92 Å². The number of aliphatic hydroxyl groups is 3. The van der Waals surface area contributed by atoms with E-state index < -0.39 is 30.5 Å². The predicted molar refractivity (Wildman–Crippen MR) is 108 cm³/mol. The largest absolute Gasteiger partial charge is 0.507 e. The highest BCUT2D eigenvalue weighted by Crippen LogP contribution is 2.31. The summed E-state index contributed by atoms with van der Waals surface area (Å²) in [7, 11) is 1.56. The number of aliphatic hydroxyl groups excluding tert-OH is 3. The number of carbonyl (C=O) groups is 1. The summed E-state index contributed by atoms with van der Waals surface area (Å²) in [5.41, 5.74) is 0.711. The first-order valence-corrected chi connectivity index (χ1v) is 9.54. The fourth-order valence-electron chi connectivity index (χ4n) is 2.80. The van der Waals surface area contributed by atoms with Crippen molar-refractivity contribution >= 4 is 5.91 Å². The topological polar surface area (TPSA) is 138 Å². The van der Waals surface area contributed by atoms with Gasteiger partial charge in [-0.2, -0.15) is 0 Å². The molecule has 0 radical (unpaired) electrons. The van der Waals surface area contributed by atoms with Crippen LogP contribution in [0.15, 0.2) is 41.7 Å². The van der Waals surface area contributed by atoms with Crippen LogP contribution in [0.25, 0.3) is 0 Å². The summed E-state index contributed by atoms with van der Waals surface area (Å²) in [6.07, 6.45) is -0.973. The van der Waals surface area contributed by atoms with Crippen molar-refractivity contribution in [1.82, 2.24) is 5.32 Å². The lowest BCUT2D eigenvalue weighted by Gasteiger charge is -2.36. The van der Waals surface area contributed by atoms with Gasteiger partial charge in [0, 0.05) is 13.0 Å². The Morgan fingerprint density at radius 3 is 2.70 bits per heavy atom. The Kier molecular flexibility index (Phi) is 8.67. The minimum absolute atomic E-state index is 0.0286. The predicted octanol–water partition coefficient (Wildman–Crippen LogP) is 0.826. The third-order valence-corrected chi connectivity index (χ3v) is 4.63. The van der Waals surface area contributed by atoms with Crippen LogP contribution in [-0.2, 0) is 9.47 Å². The van der Waals surface area contributed by atoms with E-state index in [1.54, 1.807) is 26.2 Å². The highest BCUT2D eigenvalue weighted by atomic mass is 16.7. The standard InChI is InChI=1S/C21H29NO8/c1-12(7-8-13(2)28-3)10-22-20(27)18-15(24)5-4-6-17(18)30-21-19(26)16(25)9-14(11-23)29-21/h4-8,14,16,19,21,23-26H,9-11H2,1-3H3,(H,22,27)/b12-7+,13-8+. The van der Waals surface area contributed by atoms with Gasteiger partial charge in [-0.15, -0.1) is 0 Å². The van der Waals surface area contributed by atoms with E-state index in [0.717, 1.165) is 5.57 Å². The van der Waals surface area contributed by atoms with E-state index in [1.165, 1.54) is 18.2 Å². The van der Waals surface area contributed by atoms with Gasteiger partial charge in [0.1, 0.15) is 23.2 Å². The molecule has 1 amide bonds. The molecule has 0 spiro atoms. The molecule has 1 aliphatic heterocycles. The number of methoxy groups -OCH3 is 1. The van der Waals surface area contributed by atoms with Crippen molar-refractivity contribution in [3.05, 3.63) is 47.2 Å². The Hall–Kier alpha value is -2.59. The number of ether oxygens (including phenoxy) is 3. The second-order valence-electron chi connectivity index (χ2n) is 7.05. The molecular weight excluding hydrogens is 394 g/mol. The molecule has 9 heteroatoms. The average molecular weight is 423 g/mol. The van der Waals surface area contributed by atoms with Gasteiger partial charge in [0.05, 0.1) is 31.7 Å². The van der Waals surface area contributed by atoms with E-state index in [0.29, 0.717) is 5.76 Å². The average Bonchev–Trinajstić information content (AvgIpc) is 2.73. The summed E-state index contributed by atoms with van der Waals surface area (Å²) < 4.78 is 16.1. The van der Waals surface area contributed by atoms with Crippen molar-refractivity contribution in [2.75, 3.05) is 20.3 Å². The maximum atomic E-state index is 12.7. The van der Waals surface area contributed by atoms with Crippen molar-refractivity contribution in [2.24, 2.45) is 0 Å². The minimum atomic E-state index is -1.38. The van der Waals surface area contributed by atoms with Crippen LogP contribution in [0.3, 0.4) is 0 Å². The smallest absolute Gasteiger partial charge is 0.259 e. The second kappa shape index (κ2) is 11.0. The van der Waals surface area contributed by atoms with Crippen LogP contribution in [-0.4, -0.2) is 71.2 Å². The molecule has 166 valence electrons. The van der Waals surface area contributed by atoms with Gasteiger partial charge in [-0.1, -0.05) is 17.7 Å². The van der Waals surface area contributed by atoms with Crippen molar-refractivity contribution < 1.29 is 39.4 Å². The molecule has 30 heavy (non-hydrogen) atoms. The molecule has 9 nitrogen and oxygen atoms in total. The number of amides is 1. The van der Waals surface area contributed by atoms with Gasteiger partial charge in [0.25, 0.3) is 5.91 Å². The molecule has 0 aromatic heterocycles. The van der Waals surface area contributed by atoms with E-state index in [-0.39, 0.29) is 36.6 Å². The van der Waals surface area contributed by atoms with Crippen LogP contribution in [0.2, 0.25) is 0 Å². The molecule has 4 unspecified atom stereocenters. The number of hydrogen-bond donors (Lipinski definition) is 5. The van der Waals surface area contributed by atoms with Gasteiger partial charge in [-0.25, -0.2) is 0 Å². The van der Waals surface area contributed by atoms with Crippen molar-refractivity contribution in [2.45, 2.75) is 44.9 Å². The summed E-state index contributed by atoms with van der Waals surface area (Å²) in [6, 6.07) is 4.24. The van der Waals surface area contributed by atoms with Gasteiger partial charge in [-0.3, -0.25) is 4.79 Å². The molecule has 1 saturated heterocycles. The Morgan fingerprint density at radius 2 is 2.03 bits per heavy atom. The normalized spacial score (nSPS) is 25.0. The third-order valence-electron chi connectivity index (χ3n) is 4.63. The highest BCUT2D eigenvalue weighted by Gasteiger charge is 2.38. The first-order valence-electron chi connectivity index (χ1n) is 9.54. The summed E-state index contributed by atoms with van der Waals surface area (Å²) in [5.74, 6) is -0.218. The molecule has 0 bridgehead atoms. The molecule has 0 saturated carbocycles. The van der Waals surface area contributed by atoms with Gasteiger partial charge in [-0.05, 0) is 32.1 Å². The molecule has 4 atom stereocenters. The van der Waals surface area contributed by atoms with Gasteiger partial charge in [0.15, 0.2) is 0 Å². The Morgan fingerprint density at radius 1 is 1.30 bits per heavy atom. The monoisotopic (exact) mass is 423 g/mol. The van der Waals surface area contributed by atoms with E-state index in [4.69, 9.17) is 14.2 Å². The number of rotatable bonds is 8. The minimum Gasteiger partial charge on any atom is -0.507 e. The summed E-state index contributed by atoms with van der Waals surface area (Å²) in [4.78, 5) is 12.7. The Balaban J connectivity index is 2.15. The second-order valence-corrected chi connectivity index (χ2v) is 7.05. The zero-order valence-corrected chi connectivity index (χ0v) is 17.2. The summed E-state index contributed by atoms with van der Waals surface area (Å²) in [6.45, 7) is 3.48. The van der Waals surface area contributed by atoms with Gasteiger partial charge >= 0.3 is 0 Å².